The van der Waals surface area contributed by atoms with Crippen LogP contribution in [0.25, 0.3) is 0 Å². The van der Waals surface area contributed by atoms with Gasteiger partial charge in [0, 0.05) is 6.42 Å². The van der Waals surface area contributed by atoms with Gasteiger partial charge in [0.25, 0.3) is 0 Å². The maximum Gasteiger partial charge on any atom is 0.327 e. The Bertz CT molecular complexity index is 256. The molecule has 0 amide bonds. The summed E-state index contributed by atoms with van der Waals surface area (Å²) in [6, 6.07) is 0. The fourth-order valence-electron chi connectivity index (χ4n) is 1.14. The second kappa shape index (κ2) is 2.21. The van der Waals surface area contributed by atoms with Crippen LogP contribution in [0.15, 0.2) is 28.9 Å². The van der Waals surface area contributed by atoms with Crippen LogP contribution in [0.3, 0.4) is 0 Å². The summed E-state index contributed by atoms with van der Waals surface area (Å²) in [6.07, 6.45) is 9.89. The Labute approximate surface area is 59.7 Å². The van der Waals surface area contributed by atoms with Crippen molar-refractivity contribution >= 4 is 12.1 Å². The van der Waals surface area contributed by atoms with Crippen LogP contribution in [0.2, 0.25) is 0 Å². The molecule has 2 aliphatic rings. The van der Waals surface area contributed by atoms with Gasteiger partial charge < -0.3 is 0 Å². The van der Waals surface area contributed by atoms with Crippen molar-refractivity contribution in [3.63, 3.8) is 0 Å². The maximum absolute atomic E-state index is 4.16. The molecule has 1 radical (unpaired) electrons. The summed E-state index contributed by atoms with van der Waals surface area (Å²) in [7, 11) is 0. The van der Waals surface area contributed by atoms with Gasteiger partial charge in [-0.3, -0.25) is 0 Å². The molecule has 2 heteroatoms. The van der Waals surface area contributed by atoms with Crippen molar-refractivity contribution in [2.45, 2.75) is 12.8 Å². The molecule has 2 rings (SSSR count). The van der Waals surface area contributed by atoms with E-state index in [9.17, 15) is 0 Å². The van der Waals surface area contributed by atoms with Crippen LogP contribution in [0.1, 0.15) is 12.8 Å². The molecule has 0 spiro atoms. The minimum atomic E-state index is 1.06. The Kier molecular flexibility index (Phi) is 1.24. The molecule has 0 saturated carbocycles. The molecule has 0 unspecified atom stereocenters. The van der Waals surface area contributed by atoms with Gasteiger partial charge in [-0.05, 0) is 11.4 Å². The van der Waals surface area contributed by atoms with Crippen LogP contribution in [-0.2, 0) is 0 Å². The van der Waals surface area contributed by atoms with Gasteiger partial charge in [-0.2, -0.15) is 0 Å². The van der Waals surface area contributed by atoms with Gasteiger partial charge in [0.15, 0.2) is 11.9 Å². The summed E-state index contributed by atoms with van der Waals surface area (Å²) in [5.41, 5.74) is 2.35. The number of rotatable bonds is 0. The normalized spacial score (nSPS) is 21.6. The average Bonchev–Trinajstić information content (AvgIpc) is 2.05. The number of aliphatic imine (C=N–C) groups is 2. The first-order chi connectivity index (χ1) is 4.97. The standard InChI is InChI=1S/C8H8N2/c1-2-4-8-7(3-1)5-9-6-10-8/h1,3,5-6H,2,4H2/q+1. The lowest BCUT2D eigenvalue weighted by Gasteiger charge is -2.03. The molecule has 2 nitrogen and oxygen atoms in total. The van der Waals surface area contributed by atoms with Crippen molar-refractivity contribution in [2.24, 2.45) is 4.99 Å². The highest BCUT2D eigenvalue weighted by Crippen LogP contribution is 2.13. The van der Waals surface area contributed by atoms with E-state index < -0.39 is 0 Å². The first-order valence-corrected chi connectivity index (χ1v) is 3.42. The molecule has 0 fully saturated rings. The molecular formula is C8H8N2+. The molecule has 49 valence electrons. The van der Waals surface area contributed by atoms with Crippen LogP contribution in [-0.4, -0.2) is 12.1 Å². The highest BCUT2D eigenvalue weighted by atomic mass is 14.9. The molecule has 1 aliphatic heterocycles. The minimum absolute atomic E-state index is 1.06. The summed E-state index contributed by atoms with van der Waals surface area (Å²) < 4.78 is 0. The topological polar surface area (TPSA) is 26.5 Å². The number of allylic oxidation sites excluding steroid dienone is 3. The van der Waals surface area contributed by atoms with E-state index in [1.54, 1.807) is 6.34 Å². The zero-order chi connectivity index (χ0) is 6.81. The van der Waals surface area contributed by atoms with E-state index in [2.05, 4.69) is 22.1 Å². The van der Waals surface area contributed by atoms with E-state index >= 15 is 0 Å². The van der Waals surface area contributed by atoms with Crippen LogP contribution < -0.4 is 4.99 Å². The van der Waals surface area contributed by atoms with Crippen LogP contribution >= 0.6 is 0 Å². The largest absolute Gasteiger partial charge is 0.327 e. The highest BCUT2D eigenvalue weighted by molar-refractivity contribution is 6.07. The fraction of sp³-hybridized carbons (Fsp3) is 0.250. The molecule has 1 aliphatic carbocycles. The zero-order valence-electron chi connectivity index (χ0n) is 5.62. The Morgan fingerprint density at radius 1 is 1.50 bits per heavy atom. The van der Waals surface area contributed by atoms with Crippen molar-refractivity contribution in [3.05, 3.63) is 23.9 Å². The lowest BCUT2D eigenvalue weighted by Crippen LogP contribution is -2.09. The van der Waals surface area contributed by atoms with E-state index in [0.29, 0.717) is 0 Å². The van der Waals surface area contributed by atoms with Crippen molar-refractivity contribution in [1.82, 2.24) is 4.99 Å². The van der Waals surface area contributed by atoms with Gasteiger partial charge in [0.2, 0.25) is 0 Å². The van der Waals surface area contributed by atoms with E-state index in [-0.39, 0.29) is 0 Å². The number of nitrogens with zero attached hydrogens (tertiary/aromatic N) is 2. The summed E-state index contributed by atoms with van der Waals surface area (Å²) in [6.45, 7) is 0. The summed E-state index contributed by atoms with van der Waals surface area (Å²) >= 11 is 0. The first-order valence-electron chi connectivity index (χ1n) is 3.42. The Balaban J connectivity index is 2.43. The summed E-state index contributed by atoms with van der Waals surface area (Å²) in [4.78, 5) is 8.09. The number of hydrogen-bond donors (Lipinski definition) is 0. The minimum Gasteiger partial charge on any atom is -0.0832 e. The third-order valence-electron chi connectivity index (χ3n) is 1.67. The van der Waals surface area contributed by atoms with Crippen molar-refractivity contribution in [1.29, 1.82) is 0 Å². The first kappa shape index (κ1) is 5.59. The van der Waals surface area contributed by atoms with Crippen molar-refractivity contribution in [2.75, 3.05) is 0 Å². The highest BCUT2D eigenvalue weighted by Gasteiger charge is 2.15. The van der Waals surface area contributed by atoms with E-state index in [0.717, 1.165) is 12.8 Å². The van der Waals surface area contributed by atoms with Gasteiger partial charge in [-0.15, -0.1) is 0 Å². The van der Waals surface area contributed by atoms with Gasteiger partial charge in [-0.1, -0.05) is 17.1 Å². The van der Waals surface area contributed by atoms with E-state index in [1.807, 2.05) is 6.20 Å². The molecule has 0 aromatic heterocycles. The third-order valence-corrected chi connectivity index (χ3v) is 1.67. The molecule has 1 heterocycles. The molecule has 0 aromatic carbocycles. The van der Waals surface area contributed by atoms with Gasteiger partial charge in [0.05, 0.1) is 5.57 Å². The second-order valence-electron chi connectivity index (χ2n) is 2.37. The lowest BCUT2D eigenvalue weighted by atomic mass is 10.0. The monoisotopic (exact) mass is 132 g/mol. The van der Waals surface area contributed by atoms with Crippen molar-refractivity contribution in [3.8, 4) is 0 Å². The predicted molar refractivity (Wildman–Crippen MR) is 42.1 cm³/mol. The van der Waals surface area contributed by atoms with Gasteiger partial charge in [0.1, 0.15) is 0 Å². The smallest absolute Gasteiger partial charge is 0.0832 e. The summed E-state index contributed by atoms with van der Waals surface area (Å²) in [5, 5.41) is 0. The average molecular weight is 132 g/mol. The molecule has 0 aromatic rings. The van der Waals surface area contributed by atoms with E-state index in [1.165, 1.54) is 11.3 Å². The number of hydrogen-bond acceptors (Lipinski definition) is 2. The fourth-order valence-corrected chi connectivity index (χ4v) is 1.14. The number of fused-ring (bicyclic) bond motifs is 1. The summed E-state index contributed by atoms with van der Waals surface area (Å²) in [5.74, 6) is 0. The van der Waals surface area contributed by atoms with Crippen molar-refractivity contribution < 1.29 is 0 Å². The van der Waals surface area contributed by atoms with E-state index in [4.69, 9.17) is 0 Å². The molecule has 0 saturated heterocycles. The zero-order valence-corrected chi connectivity index (χ0v) is 5.62. The Morgan fingerprint density at radius 3 is 3.40 bits per heavy atom. The molecule has 0 bridgehead atoms. The molecule has 0 atom stereocenters. The quantitative estimate of drug-likeness (QED) is 0.471. The van der Waals surface area contributed by atoms with Crippen LogP contribution in [0, 0.1) is 0 Å². The van der Waals surface area contributed by atoms with Crippen LogP contribution in [0.4, 0.5) is 0 Å². The SMILES string of the molecule is C1=CC2=C[N+]=CN=C2CC1. The van der Waals surface area contributed by atoms with Gasteiger partial charge in [-0.25, -0.2) is 0 Å². The molecular weight excluding hydrogens is 124 g/mol. The third kappa shape index (κ3) is 0.817. The Hall–Kier alpha value is -1.18. The molecule has 0 N–H and O–H groups in total. The van der Waals surface area contributed by atoms with Gasteiger partial charge >= 0.3 is 6.34 Å². The predicted octanol–water partition coefficient (Wildman–Crippen LogP) is 1.04. The second-order valence-corrected chi connectivity index (χ2v) is 2.37. The lowest BCUT2D eigenvalue weighted by molar-refractivity contribution is 1.06. The maximum atomic E-state index is 4.16. The molecule has 10 heavy (non-hydrogen) atoms. The Morgan fingerprint density at radius 2 is 2.50 bits per heavy atom. The van der Waals surface area contributed by atoms with Crippen LogP contribution in [0.5, 0.6) is 0 Å².